The van der Waals surface area contributed by atoms with Gasteiger partial charge in [0.25, 0.3) is 5.56 Å². The number of benzene rings is 1. The van der Waals surface area contributed by atoms with Gasteiger partial charge in [0.2, 0.25) is 11.9 Å². The molecule has 24 heavy (non-hydrogen) atoms. The number of rotatable bonds is 2. The Morgan fingerprint density at radius 3 is 2.54 bits per heavy atom. The molecule has 1 aromatic carbocycles. The van der Waals surface area contributed by atoms with Crippen molar-refractivity contribution in [3.05, 3.63) is 34.6 Å². The molecule has 2 fully saturated rings. The Balaban J connectivity index is 1.48. The molecule has 0 spiro atoms. The largest absolute Gasteiger partial charge is 0.342 e. The maximum Gasteiger partial charge on any atom is 0.260 e. The lowest BCUT2D eigenvalue weighted by molar-refractivity contribution is -0.135. The molecule has 1 amide bonds. The summed E-state index contributed by atoms with van der Waals surface area (Å²) in [6, 6.07) is 7.37. The molecular weight excluding hydrogens is 304 g/mol. The van der Waals surface area contributed by atoms with Crippen LogP contribution in [-0.4, -0.2) is 47.0 Å². The van der Waals surface area contributed by atoms with Crippen LogP contribution >= 0.6 is 0 Å². The van der Waals surface area contributed by atoms with Crippen LogP contribution in [-0.2, 0) is 4.79 Å². The highest BCUT2D eigenvalue weighted by molar-refractivity contribution is 5.80. The van der Waals surface area contributed by atoms with Gasteiger partial charge in [0.15, 0.2) is 0 Å². The predicted molar refractivity (Wildman–Crippen MR) is 93.1 cm³/mol. The topological polar surface area (TPSA) is 69.3 Å². The van der Waals surface area contributed by atoms with Crippen molar-refractivity contribution in [3.63, 3.8) is 0 Å². The predicted octanol–water partition coefficient (Wildman–Crippen LogP) is 1.76. The van der Waals surface area contributed by atoms with Crippen molar-refractivity contribution in [3.8, 4) is 0 Å². The first-order valence-electron chi connectivity index (χ1n) is 8.75. The van der Waals surface area contributed by atoms with E-state index in [0.717, 1.165) is 51.9 Å². The molecule has 2 aliphatic rings. The van der Waals surface area contributed by atoms with Crippen molar-refractivity contribution in [2.24, 2.45) is 5.92 Å². The van der Waals surface area contributed by atoms with Crippen LogP contribution in [0.15, 0.2) is 29.1 Å². The van der Waals surface area contributed by atoms with Crippen molar-refractivity contribution < 1.29 is 4.79 Å². The van der Waals surface area contributed by atoms with E-state index in [4.69, 9.17) is 0 Å². The molecule has 0 unspecified atom stereocenters. The van der Waals surface area contributed by atoms with E-state index in [0.29, 0.717) is 22.8 Å². The van der Waals surface area contributed by atoms with E-state index in [9.17, 15) is 9.59 Å². The van der Waals surface area contributed by atoms with Gasteiger partial charge in [-0.15, -0.1) is 0 Å². The van der Waals surface area contributed by atoms with E-state index >= 15 is 0 Å². The molecule has 1 aromatic heterocycles. The van der Waals surface area contributed by atoms with Crippen LogP contribution in [0.3, 0.4) is 0 Å². The normalized spacial score (nSPS) is 19.2. The van der Waals surface area contributed by atoms with Gasteiger partial charge in [-0.3, -0.25) is 14.6 Å². The lowest BCUT2D eigenvalue weighted by Gasteiger charge is -2.33. The highest BCUT2D eigenvalue weighted by Gasteiger charge is 2.30. The molecule has 0 aliphatic carbocycles. The van der Waals surface area contributed by atoms with Crippen LogP contribution < -0.4 is 10.5 Å². The number of carbonyl (C=O) groups is 1. The first-order chi connectivity index (χ1) is 11.7. The molecule has 126 valence electrons. The van der Waals surface area contributed by atoms with Crippen molar-refractivity contribution in [1.82, 2.24) is 14.9 Å². The average molecular weight is 326 g/mol. The number of anilines is 1. The number of amides is 1. The van der Waals surface area contributed by atoms with Crippen molar-refractivity contribution >= 4 is 22.8 Å². The average Bonchev–Trinajstić information content (AvgIpc) is 3.16. The quantitative estimate of drug-likeness (QED) is 0.913. The van der Waals surface area contributed by atoms with Crippen LogP contribution in [0, 0.1) is 5.92 Å². The van der Waals surface area contributed by atoms with E-state index in [1.54, 1.807) is 6.07 Å². The van der Waals surface area contributed by atoms with Gasteiger partial charge in [-0.1, -0.05) is 12.1 Å². The maximum absolute atomic E-state index is 12.5. The summed E-state index contributed by atoms with van der Waals surface area (Å²) in [5, 5.41) is 0.611. The zero-order valence-electron chi connectivity index (χ0n) is 13.7. The molecular formula is C18H22N4O2. The van der Waals surface area contributed by atoms with Gasteiger partial charge in [0, 0.05) is 32.1 Å². The van der Waals surface area contributed by atoms with Crippen LogP contribution in [0.1, 0.15) is 25.7 Å². The number of aromatic amines is 1. The van der Waals surface area contributed by atoms with Gasteiger partial charge in [0.05, 0.1) is 10.9 Å². The zero-order chi connectivity index (χ0) is 16.5. The fourth-order valence-corrected chi connectivity index (χ4v) is 3.76. The zero-order valence-corrected chi connectivity index (χ0v) is 13.7. The highest BCUT2D eigenvalue weighted by atomic mass is 16.2. The molecule has 4 rings (SSSR count). The number of aromatic nitrogens is 2. The number of likely N-dealkylation sites (tertiary alicyclic amines) is 1. The Morgan fingerprint density at radius 1 is 1.08 bits per heavy atom. The first kappa shape index (κ1) is 15.2. The number of para-hydroxylation sites is 1. The van der Waals surface area contributed by atoms with Gasteiger partial charge in [0.1, 0.15) is 0 Å². The van der Waals surface area contributed by atoms with E-state index in [1.165, 1.54) is 0 Å². The molecule has 2 aliphatic heterocycles. The maximum atomic E-state index is 12.5. The lowest BCUT2D eigenvalue weighted by Crippen LogP contribution is -2.42. The van der Waals surface area contributed by atoms with Gasteiger partial charge >= 0.3 is 0 Å². The number of fused-ring (bicyclic) bond motifs is 1. The summed E-state index contributed by atoms with van der Waals surface area (Å²) in [6.07, 6.45) is 3.91. The van der Waals surface area contributed by atoms with Crippen LogP contribution in [0.4, 0.5) is 5.95 Å². The molecule has 1 N–H and O–H groups in total. The van der Waals surface area contributed by atoms with Crippen LogP contribution in [0.5, 0.6) is 0 Å². The standard InChI is InChI=1S/C18H22N4O2/c23-16-14-5-1-2-6-15(14)19-18(20-16)22-11-7-13(8-12-22)17(24)21-9-3-4-10-21/h1-2,5-6,13H,3-4,7-12H2,(H,19,20,23). The number of hydrogen-bond donors (Lipinski definition) is 1. The minimum absolute atomic E-state index is 0.106. The number of hydrogen-bond acceptors (Lipinski definition) is 4. The molecule has 0 atom stereocenters. The number of carbonyl (C=O) groups excluding carboxylic acids is 1. The van der Waals surface area contributed by atoms with E-state index in [1.807, 2.05) is 23.1 Å². The van der Waals surface area contributed by atoms with E-state index in [-0.39, 0.29) is 11.5 Å². The van der Waals surface area contributed by atoms with Gasteiger partial charge in [-0.2, -0.15) is 0 Å². The minimum Gasteiger partial charge on any atom is -0.342 e. The third-order valence-corrected chi connectivity index (χ3v) is 5.16. The molecule has 3 heterocycles. The Hall–Kier alpha value is -2.37. The molecule has 6 nitrogen and oxygen atoms in total. The van der Waals surface area contributed by atoms with E-state index in [2.05, 4.69) is 14.9 Å². The van der Waals surface area contributed by atoms with Gasteiger partial charge in [-0.25, -0.2) is 4.98 Å². The van der Waals surface area contributed by atoms with Crippen molar-refractivity contribution in [1.29, 1.82) is 0 Å². The summed E-state index contributed by atoms with van der Waals surface area (Å²) in [6.45, 7) is 3.34. The molecule has 2 saturated heterocycles. The van der Waals surface area contributed by atoms with Gasteiger partial charge in [-0.05, 0) is 37.8 Å². The summed E-state index contributed by atoms with van der Waals surface area (Å²) in [4.78, 5) is 36.3. The Morgan fingerprint density at radius 2 is 1.79 bits per heavy atom. The van der Waals surface area contributed by atoms with Crippen LogP contribution in [0.2, 0.25) is 0 Å². The molecule has 0 bridgehead atoms. The molecule has 2 aromatic rings. The summed E-state index contributed by atoms with van der Waals surface area (Å²) in [5.41, 5.74) is 0.609. The molecule has 0 saturated carbocycles. The SMILES string of the molecule is O=C(C1CCN(c2nc3ccccc3c(=O)[nH]2)CC1)N1CCCC1. The summed E-state index contributed by atoms with van der Waals surface area (Å²) in [7, 11) is 0. The summed E-state index contributed by atoms with van der Waals surface area (Å²) in [5.74, 6) is 1.05. The minimum atomic E-state index is -0.106. The van der Waals surface area contributed by atoms with E-state index < -0.39 is 0 Å². The third kappa shape index (κ3) is 2.77. The van der Waals surface area contributed by atoms with Crippen molar-refractivity contribution in [2.75, 3.05) is 31.1 Å². The second-order valence-electron chi connectivity index (χ2n) is 6.70. The second kappa shape index (κ2) is 6.26. The molecule has 0 radical (unpaired) electrons. The monoisotopic (exact) mass is 326 g/mol. The fourth-order valence-electron chi connectivity index (χ4n) is 3.76. The molecule has 6 heteroatoms. The smallest absolute Gasteiger partial charge is 0.260 e. The Labute approximate surface area is 140 Å². The number of nitrogens with zero attached hydrogens (tertiary/aromatic N) is 3. The number of H-pyrrole nitrogens is 1. The summed E-state index contributed by atoms with van der Waals surface area (Å²) < 4.78 is 0. The number of nitrogens with one attached hydrogen (secondary N) is 1. The number of piperidine rings is 1. The summed E-state index contributed by atoms with van der Waals surface area (Å²) >= 11 is 0. The fraction of sp³-hybridized carbons (Fsp3) is 0.500. The van der Waals surface area contributed by atoms with Crippen LogP contribution in [0.25, 0.3) is 10.9 Å². The Bertz CT molecular complexity index is 802. The van der Waals surface area contributed by atoms with Gasteiger partial charge < -0.3 is 9.80 Å². The highest BCUT2D eigenvalue weighted by Crippen LogP contribution is 2.24. The van der Waals surface area contributed by atoms with Crippen molar-refractivity contribution in [2.45, 2.75) is 25.7 Å². The first-order valence-corrected chi connectivity index (χ1v) is 8.75. The Kier molecular flexibility index (Phi) is 3.96. The lowest BCUT2D eigenvalue weighted by atomic mass is 9.95. The third-order valence-electron chi connectivity index (χ3n) is 5.16. The second-order valence-corrected chi connectivity index (χ2v) is 6.70.